The molecule has 4 amide bonds. The second-order valence-corrected chi connectivity index (χ2v) is 8.96. The Hall–Kier alpha value is -4.34. The Morgan fingerprint density at radius 1 is 1.17 bits per heavy atom. The van der Waals surface area contributed by atoms with Gasteiger partial charge in [0.05, 0.1) is 12.0 Å². The number of hydrazone groups is 1. The van der Waals surface area contributed by atoms with Gasteiger partial charge in [-0.2, -0.15) is 5.10 Å². The molecule has 1 saturated heterocycles. The highest BCUT2D eigenvalue weighted by Crippen LogP contribution is 2.35. The molecule has 2 aliphatic heterocycles. The predicted molar refractivity (Wildman–Crippen MR) is 125 cm³/mol. The first kappa shape index (κ1) is 23.4. The summed E-state index contributed by atoms with van der Waals surface area (Å²) in [7, 11) is 0. The SMILES string of the molecule is Cc1ccc(C2=NN(C(=O)CN3C(=O)NC(C)(c4cc(F)ccc4F)C3=O)C(c3ccco3)C2)cc1. The Morgan fingerprint density at radius 2 is 1.92 bits per heavy atom. The van der Waals surface area contributed by atoms with Crippen molar-refractivity contribution in [2.45, 2.75) is 31.8 Å². The fourth-order valence-electron chi connectivity index (χ4n) is 4.47. The summed E-state index contributed by atoms with van der Waals surface area (Å²) in [6, 6.07) is 12.3. The van der Waals surface area contributed by atoms with E-state index in [1.165, 1.54) is 18.2 Å². The van der Waals surface area contributed by atoms with Crippen molar-refractivity contribution in [2.24, 2.45) is 5.10 Å². The first-order chi connectivity index (χ1) is 17.2. The predicted octanol–water partition coefficient (Wildman–Crippen LogP) is 4.01. The van der Waals surface area contributed by atoms with E-state index in [1.807, 2.05) is 31.2 Å². The molecule has 0 radical (unpaired) electrons. The lowest BCUT2D eigenvalue weighted by molar-refractivity contribution is -0.140. The second kappa shape index (κ2) is 8.71. The van der Waals surface area contributed by atoms with Gasteiger partial charge in [-0.15, -0.1) is 0 Å². The van der Waals surface area contributed by atoms with Crippen molar-refractivity contribution >= 4 is 23.6 Å². The number of carbonyl (C=O) groups excluding carboxylic acids is 3. The van der Waals surface area contributed by atoms with Crippen LogP contribution in [0, 0.1) is 18.6 Å². The summed E-state index contributed by atoms with van der Waals surface area (Å²) in [4.78, 5) is 40.0. The van der Waals surface area contributed by atoms with Crippen molar-refractivity contribution < 1.29 is 27.6 Å². The van der Waals surface area contributed by atoms with E-state index in [9.17, 15) is 23.2 Å². The molecule has 184 valence electrons. The van der Waals surface area contributed by atoms with Gasteiger partial charge >= 0.3 is 6.03 Å². The largest absolute Gasteiger partial charge is 0.467 e. The molecule has 1 fully saturated rings. The van der Waals surface area contributed by atoms with Crippen LogP contribution in [0.3, 0.4) is 0 Å². The molecule has 2 aliphatic rings. The zero-order valence-corrected chi connectivity index (χ0v) is 19.5. The molecule has 10 heteroatoms. The highest BCUT2D eigenvalue weighted by Gasteiger charge is 2.51. The van der Waals surface area contributed by atoms with E-state index >= 15 is 0 Å². The number of benzene rings is 2. The zero-order valence-electron chi connectivity index (χ0n) is 19.5. The van der Waals surface area contributed by atoms with Crippen LogP contribution < -0.4 is 5.32 Å². The molecular weight excluding hydrogens is 470 g/mol. The average molecular weight is 492 g/mol. The van der Waals surface area contributed by atoms with E-state index in [0.29, 0.717) is 22.8 Å². The first-order valence-electron chi connectivity index (χ1n) is 11.3. The summed E-state index contributed by atoms with van der Waals surface area (Å²) >= 11 is 0. The number of nitrogens with one attached hydrogen (secondary N) is 1. The summed E-state index contributed by atoms with van der Waals surface area (Å²) in [5, 5.41) is 8.10. The third-order valence-electron chi connectivity index (χ3n) is 6.46. The van der Waals surface area contributed by atoms with E-state index in [0.717, 1.165) is 29.3 Å². The lowest BCUT2D eigenvalue weighted by atomic mass is 9.91. The molecule has 1 aromatic heterocycles. The molecule has 0 aliphatic carbocycles. The summed E-state index contributed by atoms with van der Waals surface area (Å²) in [5.41, 5.74) is 0.352. The number of carbonyl (C=O) groups is 3. The van der Waals surface area contributed by atoms with E-state index in [1.54, 1.807) is 12.1 Å². The van der Waals surface area contributed by atoms with Gasteiger partial charge in [-0.25, -0.2) is 18.6 Å². The van der Waals surface area contributed by atoms with Crippen molar-refractivity contribution in [1.29, 1.82) is 0 Å². The number of hydrogen-bond donors (Lipinski definition) is 1. The minimum absolute atomic E-state index is 0.329. The topological polar surface area (TPSA) is 95.2 Å². The lowest BCUT2D eigenvalue weighted by Crippen LogP contribution is -2.44. The van der Waals surface area contributed by atoms with E-state index < -0.39 is 47.6 Å². The normalized spacial score (nSPS) is 21.7. The third kappa shape index (κ3) is 3.94. The van der Waals surface area contributed by atoms with E-state index in [-0.39, 0.29) is 5.56 Å². The van der Waals surface area contributed by atoms with E-state index in [2.05, 4.69) is 10.4 Å². The van der Waals surface area contributed by atoms with Crippen molar-refractivity contribution in [3.8, 4) is 0 Å². The van der Waals surface area contributed by atoms with Crippen molar-refractivity contribution in [2.75, 3.05) is 6.54 Å². The molecule has 8 nitrogen and oxygen atoms in total. The Kier molecular flexibility index (Phi) is 5.66. The van der Waals surface area contributed by atoms with Crippen LogP contribution in [0.5, 0.6) is 0 Å². The average Bonchev–Trinajstić information content (AvgIpc) is 3.57. The van der Waals surface area contributed by atoms with Crippen LogP contribution in [0.4, 0.5) is 13.6 Å². The second-order valence-electron chi connectivity index (χ2n) is 8.96. The Balaban J connectivity index is 1.42. The van der Waals surface area contributed by atoms with Gasteiger partial charge in [0, 0.05) is 12.0 Å². The van der Waals surface area contributed by atoms with Gasteiger partial charge < -0.3 is 9.73 Å². The minimum atomic E-state index is -1.87. The number of urea groups is 1. The monoisotopic (exact) mass is 492 g/mol. The summed E-state index contributed by atoms with van der Waals surface area (Å²) in [5.74, 6) is -2.63. The van der Waals surface area contributed by atoms with Gasteiger partial charge in [0.15, 0.2) is 0 Å². The van der Waals surface area contributed by atoms with Gasteiger partial charge in [-0.05, 0) is 49.7 Å². The molecule has 0 spiro atoms. The third-order valence-corrected chi connectivity index (χ3v) is 6.46. The molecule has 2 atom stereocenters. The number of halogens is 2. The van der Waals surface area contributed by atoms with E-state index in [4.69, 9.17) is 4.42 Å². The molecule has 0 saturated carbocycles. The molecule has 2 unspecified atom stereocenters. The van der Waals surface area contributed by atoms with Crippen molar-refractivity contribution in [3.05, 3.63) is 94.9 Å². The molecule has 3 heterocycles. The zero-order chi connectivity index (χ0) is 25.6. The summed E-state index contributed by atoms with van der Waals surface area (Å²) in [6.45, 7) is 2.59. The number of rotatable bonds is 5. The number of imide groups is 1. The maximum atomic E-state index is 14.4. The van der Waals surface area contributed by atoms with Gasteiger partial charge in [0.2, 0.25) is 0 Å². The van der Waals surface area contributed by atoms with Gasteiger partial charge in [-0.1, -0.05) is 29.8 Å². The molecule has 5 rings (SSSR count). The quantitative estimate of drug-likeness (QED) is 0.545. The Bertz CT molecular complexity index is 1390. The van der Waals surface area contributed by atoms with Crippen LogP contribution >= 0.6 is 0 Å². The maximum Gasteiger partial charge on any atom is 0.325 e. The summed E-state index contributed by atoms with van der Waals surface area (Å²) in [6.07, 6.45) is 1.85. The van der Waals surface area contributed by atoms with Crippen LogP contribution in [-0.2, 0) is 15.1 Å². The molecule has 36 heavy (non-hydrogen) atoms. The summed E-state index contributed by atoms with van der Waals surface area (Å²) < 4.78 is 33.8. The lowest BCUT2D eigenvalue weighted by Gasteiger charge is -2.24. The number of nitrogens with zero attached hydrogens (tertiary/aromatic N) is 3. The molecule has 3 aromatic rings. The molecule has 0 bridgehead atoms. The first-order valence-corrected chi connectivity index (χ1v) is 11.3. The minimum Gasteiger partial charge on any atom is -0.467 e. The van der Waals surface area contributed by atoms with Gasteiger partial charge in [-0.3, -0.25) is 14.5 Å². The Morgan fingerprint density at radius 3 is 2.61 bits per heavy atom. The van der Waals surface area contributed by atoms with Crippen LogP contribution in [0.2, 0.25) is 0 Å². The van der Waals surface area contributed by atoms with Crippen LogP contribution in [0.15, 0.2) is 70.4 Å². The van der Waals surface area contributed by atoms with Crippen molar-refractivity contribution in [3.63, 3.8) is 0 Å². The maximum absolute atomic E-state index is 14.4. The standard InChI is InChI=1S/C26H22F2N4O4/c1-15-5-7-16(8-6-15)20-13-21(22-4-3-11-36-22)32(30-20)23(33)14-31-24(34)26(2,29-25(31)35)18-12-17(27)9-10-19(18)28/h3-12,21H,13-14H2,1-2H3,(H,29,35). The molecule has 1 N–H and O–H groups in total. The number of aryl methyl sites for hydroxylation is 1. The van der Waals surface area contributed by atoms with Gasteiger partial charge in [0.1, 0.15) is 35.5 Å². The number of hydrogen-bond acceptors (Lipinski definition) is 5. The van der Waals surface area contributed by atoms with Crippen LogP contribution in [-0.4, -0.2) is 40.0 Å². The fourth-order valence-corrected chi connectivity index (χ4v) is 4.47. The van der Waals surface area contributed by atoms with Crippen LogP contribution in [0.1, 0.15) is 41.8 Å². The highest BCUT2D eigenvalue weighted by atomic mass is 19.1. The van der Waals surface area contributed by atoms with Gasteiger partial charge in [0.25, 0.3) is 11.8 Å². The Labute approximate surface area is 205 Å². The fraction of sp³-hybridized carbons (Fsp3) is 0.231. The highest BCUT2D eigenvalue weighted by molar-refractivity contribution is 6.09. The van der Waals surface area contributed by atoms with Crippen LogP contribution in [0.25, 0.3) is 0 Å². The number of amides is 4. The molecular formula is C26H22F2N4O4. The van der Waals surface area contributed by atoms with Crippen molar-refractivity contribution in [1.82, 2.24) is 15.2 Å². The molecule has 2 aromatic carbocycles. The number of furan rings is 1. The smallest absolute Gasteiger partial charge is 0.325 e.